The van der Waals surface area contributed by atoms with Crippen molar-refractivity contribution < 1.29 is 14.6 Å². The first-order chi connectivity index (χ1) is 7.54. The second kappa shape index (κ2) is 5.35. The zero-order valence-corrected chi connectivity index (χ0v) is 9.62. The number of rotatable bonds is 5. The molecule has 0 spiro atoms. The molecule has 0 aromatic heterocycles. The molecule has 0 heterocycles. The number of allylic oxidation sites excluding steroid dienone is 1. The molecule has 1 N–H and O–H groups in total. The number of hydrogen-bond donors (Lipinski definition) is 1. The second-order valence-electron chi connectivity index (χ2n) is 3.73. The number of hydrogen-bond acceptors (Lipinski definition) is 2. The number of carboxylic acid groups (broad SMARTS) is 1. The summed E-state index contributed by atoms with van der Waals surface area (Å²) in [5.41, 5.74) is 3.16. The molecule has 3 heteroatoms. The van der Waals surface area contributed by atoms with Gasteiger partial charge in [0.1, 0.15) is 5.75 Å². The van der Waals surface area contributed by atoms with Crippen molar-refractivity contribution in [2.75, 3.05) is 6.61 Å². The van der Waals surface area contributed by atoms with Crippen LogP contribution in [0.1, 0.15) is 16.7 Å². The van der Waals surface area contributed by atoms with E-state index in [1.54, 1.807) is 6.08 Å². The van der Waals surface area contributed by atoms with Gasteiger partial charge in [0.25, 0.3) is 0 Å². The maximum absolute atomic E-state index is 10.5. The summed E-state index contributed by atoms with van der Waals surface area (Å²) < 4.78 is 5.27. The van der Waals surface area contributed by atoms with Crippen LogP contribution in [0.15, 0.2) is 24.8 Å². The molecule has 1 aromatic carbocycles. The number of carboxylic acids is 1. The smallest absolute Gasteiger partial charge is 0.341 e. The minimum absolute atomic E-state index is 0.312. The monoisotopic (exact) mass is 220 g/mol. The van der Waals surface area contributed by atoms with E-state index in [0.717, 1.165) is 16.7 Å². The van der Waals surface area contributed by atoms with Gasteiger partial charge in [-0.05, 0) is 37.5 Å². The molecule has 0 amide bonds. The van der Waals surface area contributed by atoms with Crippen molar-refractivity contribution in [1.82, 2.24) is 0 Å². The van der Waals surface area contributed by atoms with Crippen molar-refractivity contribution in [2.45, 2.75) is 20.3 Å². The van der Waals surface area contributed by atoms with Crippen LogP contribution in [0, 0.1) is 13.8 Å². The third kappa shape index (κ3) is 3.12. The van der Waals surface area contributed by atoms with Crippen LogP contribution in [0.2, 0.25) is 0 Å². The molecule has 0 atom stereocenters. The van der Waals surface area contributed by atoms with Gasteiger partial charge in [-0.1, -0.05) is 12.1 Å². The predicted octanol–water partition coefficient (Wildman–Crippen LogP) is 2.50. The maximum Gasteiger partial charge on any atom is 0.341 e. The van der Waals surface area contributed by atoms with Crippen molar-refractivity contribution in [3.63, 3.8) is 0 Å². The van der Waals surface area contributed by atoms with Gasteiger partial charge in [-0.2, -0.15) is 0 Å². The fourth-order valence-corrected chi connectivity index (χ4v) is 1.63. The summed E-state index contributed by atoms with van der Waals surface area (Å²) in [7, 11) is 0. The van der Waals surface area contributed by atoms with Crippen LogP contribution in [0.25, 0.3) is 0 Å². The summed E-state index contributed by atoms with van der Waals surface area (Å²) in [4.78, 5) is 10.5. The summed E-state index contributed by atoms with van der Waals surface area (Å²) in [6.07, 6.45) is 2.46. The lowest BCUT2D eigenvalue weighted by Crippen LogP contribution is -2.11. The van der Waals surface area contributed by atoms with Gasteiger partial charge in [0.15, 0.2) is 6.61 Å². The van der Waals surface area contributed by atoms with E-state index in [0.29, 0.717) is 12.2 Å². The molecule has 1 aromatic rings. The largest absolute Gasteiger partial charge is 0.482 e. The van der Waals surface area contributed by atoms with Gasteiger partial charge in [-0.25, -0.2) is 4.79 Å². The molecule has 0 saturated heterocycles. The summed E-state index contributed by atoms with van der Waals surface area (Å²) in [5, 5.41) is 8.59. The minimum atomic E-state index is -0.969. The van der Waals surface area contributed by atoms with Crippen molar-refractivity contribution in [3.05, 3.63) is 41.5 Å². The Morgan fingerprint density at radius 2 is 2.19 bits per heavy atom. The van der Waals surface area contributed by atoms with Crippen LogP contribution in [0.5, 0.6) is 5.75 Å². The standard InChI is InChI=1S/C13H16O3/c1-4-5-11-10(3)6-9(2)7-12(11)16-8-13(14)15/h4,6-7H,1,5,8H2,2-3H3,(H,14,15). The first-order valence-corrected chi connectivity index (χ1v) is 5.10. The first kappa shape index (κ1) is 12.3. The number of carbonyl (C=O) groups is 1. The summed E-state index contributed by atoms with van der Waals surface area (Å²) in [6.45, 7) is 7.31. The van der Waals surface area contributed by atoms with Crippen LogP contribution >= 0.6 is 0 Å². The lowest BCUT2D eigenvalue weighted by atomic mass is 10.0. The number of aliphatic carboxylic acids is 1. The fourth-order valence-electron chi connectivity index (χ4n) is 1.63. The molecule has 0 aliphatic carbocycles. The Labute approximate surface area is 95.4 Å². The first-order valence-electron chi connectivity index (χ1n) is 5.10. The van der Waals surface area contributed by atoms with Crippen LogP contribution in [-0.4, -0.2) is 17.7 Å². The molecule has 1 rings (SSSR count). The number of ether oxygens (including phenoxy) is 1. The quantitative estimate of drug-likeness (QED) is 0.775. The molecular formula is C13H16O3. The van der Waals surface area contributed by atoms with Crippen molar-refractivity contribution in [2.24, 2.45) is 0 Å². The Hall–Kier alpha value is -1.77. The Morgan fingerprint density at radius 1 is 1.50 bits per heavy atom. The van der Waals surface area contributed by atoms with Crippen molar-refractivity contribution >= 4 is 5.97 Å². The van der Waals surface area contributed by atoms with Crippen LogP contribution in [0.4, 0.5) is 0 Å². The summed E-state index contributed by atoms with van der Waals surface area (Å²) in [5.74, 6) is -0.330. The van der Waals surface area contributed by atoms with E-state index < -0.39 is 5.97 Å². The lowest BCUT2D eigenvalue weighted by molar-refractivity contribution is -0.139. The third-order valence-corrected chi connectivity index (χ3v) is 2.28. The number of aryl methyl sites for hydroxylation is 2. The van der Waals surface area contributed by atoms with Gasteiger partial charge in [0.05, 0.1) is 0 Å². The Morgan fingerprint density at radius 3 is 2.75 bits per heavy atom. The summed E-state index contributed by atoms with van der Waals surface area (Å²) in [6, 6.07) is 3.90. The molecule has 0 saturated carbocycles. The highest BCUT2D eigenvalue weighted by atomic mass is 16.5. The topological polar surface area (TPSA) is 46.5 Å². The van der Waals surface area contributed by atoms with Gasteiger partial charge < -0.3 is 9.84 Å². The highest BCUT2D eigenvalue weighted by Crippen LogP contribution is 2.25. The molecule has 3 nitrogen and oxygen atoms in total. The third-order valence-electron chi connectivity index (χ3n) is 2.28. The average molecular weight is 220 g/mol. The zero-order chi connectivity index (χ0) is 12.1. The molecule has 16 heavy (non-hydrogen) atoms. The molecule has 0 aliphatic heterocycles. The Kier molecular flexibility index (Phi) is 4.11. The van der Waals surface area contributed by atoms with E-state index >= 15 is 0 Å². The van der Waals surface area contributed by atoms with Gasteiger partial charge in [-0.15, -0.1) is 6.58 Å². The Bertz CT molecular complexity index is 408. The highest BCUT2D eigenvalue weighted by molar-refractivity contribution is 5.68. The molecule has 0 unspecified atom stereocenters. The van der Waals surface area contributed by atoms with Crippen molar-refractivity contribution in [3.8, 4) is 5.75 Å². The normalized spacial score (nSPS) is 9.88. The van der Waals surface area contributed by atoms with E-state index in [4.69, 9.17) is 9.84 Å². The average Bonchev–Trinajstić information content (AvgIpc) is 2.19. The maximum atomic E-state index is 10.5. The molecule has 0 aliphatic rings. The Balaban J connectivity index is 3.02. The van der Waals surface area contributed by atoms with E-state index in [-0.39, 0.29) is 6.61 Å². The van der Waals surface area contributed by atoms with Gasteiger partial charge in [0.2, 0.25) is 0 Å². The second-order valence-corrected chi connectivity index (χ2v) is 3.73. The molecule has 86 valence electrons. The molecular weight excluding hydrogens is 204 g/mol. The van der Waals surface area contributed by atoms with Crippen molar-refractivity contribution in [1.29, 1.82) is 0 Å². The molecule has 0 radical (unpaired) electrons. The SMILES string of the molecule is C=CCc1c(C)cc(C)cc1OCC(=O)O. The van der Waals surface area contributed by atoms with Gasteiger partial charge in [0, 0.05) is 5.56 Å². The van der Waals surface area contributed by atoms with Crippen LogP contribution in [0.3, 0.4) is 0 Å². The number of benzene rings is 1. The van der Waals surface area contributed by atoms with E-state index in [9.17, 15) is 4.79 Å². The van der Waals surface area contributed by atoms with Crippen LogP contribution in [-0.2, 0) is 11.2 Å². The molecule has 0 bridgehead atoms. The lowest BCUT2D eigenvalue weighted by Gasteiger charge is -2.12. The zero-order valence-electron chi connectivity index (χ0n) is 9.62. The van der Waals surface area contributed by atoms with E-state index in [2.05, 4.69) is 6.58 Å². The van der Waals surface area contributed by atoms with E-state index in [1.165, 1.54) is 0 Å². The van der Waals surface area contributed by atoms with Gasteiger partial charge >= 0.3 is 5.97 Å². The van der Waals surface area contributed by atoms with Crippen LogP contribution < -0.4 is 4.74 Å². The molecule has 0 fully saturated rings. The minimum Gasteiger partial charge on any atom is -0.482 e. The predicted molar refractivity (Wildman–Crippen MR) is 62.9 cm³/mol. The highest BCUT2D eigenvalue weighted by Gasteiger charge is 2.08. The van der Waals surface area contributed by atoms with Gasteiger partial charge in [-0.3, -0.25) is 0 Å². The van der Waals surface area contributed by atoms with E-state index in [1.807, 2.05) is 26.0 Å². The summed E-state index contributed by atoms with van der Waals surface area (Å²) >= 11 is 0. The fraction of sp³-hybridized carbons (Fsp3) is 0.308.